The van der Waals surface area contributed by atoms with Gasteiger partial charge in [0.15, 0.2) is 11.6 Å². The first-order valence-electron chi connectivity index (χ1n) is 10.8. The highest BCUT2D eigenvalue weighted by Gasteiger charge is 2.27. The van der Waals surface area contributed by atoms with Gasteiger partial charge in [-0.15, -0.1) is 0 Å². The second-order valence-electron chi connectivity index (χ2n) is 8.30. The number of carbonyl (C=O) groups excluding carboxylic acids is 1. The molecule has 0 bridgehead atoms. The molecule has 3 rings (SSSR count). The van der Waals surface area contributed by atoms with Gasteiger partial charge in [-0.25, -0.2) is 4.39 Å². The lowest BCUT2D eigenvalue weighted by atomic mass is 10.0. The fourth-order valence-corrected chi connectivity index (χ4v) is 3.47. The van der Waals surface area contributed by atoms with Gasteiger partial charge in [-0.3, -0.25) is 9.78 Å². The number of nitrogens with one attached hydrogen (secondary N) is 2. The second kappa shape index (κ2) is 11.1. The van der Waals surface area contributed by atoms with E-state index < -0.39 is 11.4 Å². The van der Waals surface area contributed by atoms with Gasteiger partial charge in [-0.1, -0.05) is 17.7 Å². The molecule has 0 fully saturated rings. The molecule has 6 nitrogen and oxygen atoms in total. The summed E-state index contributed by atoms with van der Waals surface area (Å²) in [6.45, 7) is 6.06. The van der Waals surface area contributed by atoms with Crippen LogP contribution in [-0.4, -0.2) is 29.6 Å². The minimum atomic E-state index is -0.871. The first-order chi connectivity index (χ1) is 16.2. The Hall–Kier alpha value is -3.47. The fourth-order valence-electron chi connectivity index (χ4n) is 3.26. The van der Waals surface area contributed by atoms with Crippen LogP contribution in [0.1, 0.15) is 31.4 Å². The Labute approximate surface area is 203 Å². The van der Waals surface area contributed by atoms with E-state index in [4.69, 9.17) is 21.6 Å². The molecule has 0 aliphatic heterocycles. The summed E-state index contributed by atoms with van der Waals surface area (Å²) >= 11 is 6.18. The molecule has 8 heteroatoms. The van der Waals surface area contributed by atoms with Gasteiger partial charge in [-0.2, -0.15) is 5.26 Å². The van der Waals surface area contributed by atoms with Gasteiger partial charge in [0.25, 0.3) is 0 Å². The predicted molar refractivity (Wildman–Crippen MR) is 131 cm³/mol. The van der Waals surface area contributed by atoms with E-state index in [1.54, 1.807) is 57.4 Å². The lowest BCUT2D eigenvalue weighted by molar-refractivity contribution is -0.121. The molecule has 0 radical (unpaired) electrons. The van der Waals surface area contributed by atoms with Gasteiger partial charge >= 0.3 is 0 Å². The Morgan fingerprint density at radius 2 is 1.91 bits per heavy atom. The normalized spacial score (nSPS) is 11.1. The van der Waals surface area contributed by atoms with E-state index in [-0.39, 0.29) is 11.7 Å². The fraction of sp³-hybridized carbons (Fsp3) is 0.269. The zero-order valence-electron chi connectivity index (χ0n) is 19.3. The van der Waals surface area contributed by atoms with Crippen molar-refractivity contribution in [2.45, 2.75) is 32.7 Å². The summed E-state index contributed by atoms with van der Waals surface area (Å²) < 4.78 is 20.0. The average Bonchev–Trinajstić information content (AvgIpc) is 2.83. The van der Waals surface area contributed by atoms with Crippen LogP contribution in [-0.2, 0) is 4.79 Å². The van der Waals surface area contributed by atoms with Crippen molar-refractivity contribution in [3.63, 3.8) is 0 Å². The van der Waals surface area contributed by atoms with Crippen LogP contribution in [0, 0.1) is 24.1 Å². The third-order valence-corrected chi connectivity index (χ3v) is 5.90. The molecule has 1 aromatic heterocycles. The van der Waals surface area contributed by atoms with Crippen LogP contribution >= 0.6 is 11.6 Å². The Morgan fingerprint density at radius 3 is 2.59 bits per heavy atom. The number of carbonyl (C=O) groups is 1. The van der Waals surface area contributed by atoms with Crippen molar-refractivity contribution in [2.75, 3.05) is 18.5 Å². The largest absolute Gasteiger partial charge is 0.490 e. The summed E-state index contributed by atoms with van der Waals surface area (Å²) in [5, 5.41) is 15.4. The Morgan fingerprint density at radius 1 is 1.18 bits per heavy atom. The molecular weight excluding hydrogens is 455 g/mol. The van der Waals surface area contributed by atoms with Crippen molar-refractivity contribution in [3.05, 3.63) is 76.8 Å². The minimum absolute atomic E-state index is 0.183. The molecule has 0 atom stereocenters. The number of hydrogen-bond acceptors (Lipinski definition) is 5. The Bertz CT molecular complexity index is 1210. The number of anilines is 1. The van der Waals surface area contributed by atoms with Gasteiger partial charge in [0, 0.05) is 18.1 Å². The van der Waals surface area contributed by atoms with E-state index in [0.29, 0.717) is 41.4 Å². The number of aromatic nitrogens is 1. The Balaban J connectivity index is 1.48. The molecule has 0 aliphatic rings. The summed E-state index contributed by atoms with van der Waals surface area (Å²) in [5.41, 5.74) is 2.31. The first-order valence-corrected chi connectivity index (χ1v) is 11.2. The van der Waals surface area contributed by atoms with E-state index >= 15 is 0 Å². The third kappa shape index (κ3) is 6.10. The topological polar surface area (TPSA) is 87.0 Å². The maximum Gasteiger partial charge on any atom is 0.244 e. The number of benzene rings is 2. The standard InChI is InChI=1S/C26H26ClFN4O2/c1-17-22(7-5-20(16-29)24(17)27)32-25(33)26(2,3)31-11-4-14-34-23-8-6-19(15-21(23)28)18-9-12-30-13-10-18/h5-10,12-13,15,31H,4,11,14H2,1-3H3,(H,32,33). The van der Waals surface area contributed by atoms with Crippen molar-refractivity contribution >= 4 is 23.2 Å². The van der Waals surface area contributed by atoms with Crippen LogP contribution < -0.4 is 15.4 Å². The molecule has 2 N–H and O–H groups in total. The molecule has 0 spiro atoms. The van der Waals surface area contributed by atoms with E-state index in [9.17, 15) is 9.18 Å². The summed E-state index contributed by atoms with van der Waals surface area (Å²) in [6, 6.07) is 13.7. The van der Waals surface area contributed by atoms with Crippen LogP contribution in [0.25, 0.3) is 11.1 Å². The number of rotatable bonds is 9. The number of ether oxygens (including phenoxy) is 1. The summed E-state index contributed by atoms with van der Waals surface area (Å²) in [4.78, 5) is 16.7. The van der Waals surface area contributed by atoms with Crippen LogP contribution in [0.4, 0.5) is 10.1 Å². The van der Waals surface area contributed by atoms with Crippen LogP contribution in [0.15, 0.2) is 54.9 Å². The molecule has 2 aromatic carbocycles. The Kier molecular flexibility index (Phi) is 8.21. The van der Waals surface area contributed by atoms with E-state index in [2.05, 4.69) is 15.6 Å². The highest BCUT2D eigenvalue weighted by Crippen LogP contribution is 2.28. The lowest BCUT2D eigenvalue weighted by Crippen LogP contribution is -2.50. The number of halogens is 2. The van der Waals surface area contributed by atoms with Crippen molar-refractivity contribution < 1.29 is 13.9 Å². The second-order valence-corrected chi connectivity index (χ2v) is 8.68. The SMILES string of the molecule is Cc1c(NC(=O)C(C)(C)NCCCOc2ccc(-c3ccncc3)cc2F)ccc(C#N)c1Cl. The summed E-state index contributed by atoms with van der Waals surface area (Å²) in [7, 11) is 0. The molecule has 1 amide bonds. The number of pyridine rings is 1. The van der Waals surface area contributed by atoms with E-state index in [0.717, 1.165) is 11.1 Å². The van der Waals surface area contributed by atoms with Gasteiger partial charge in [0.2, 0.25) is 5.91 Å². The molecule has 0 aliphatic carbocycles. The van der Waals surface area contributed by atoms with Crippen LogP contribution in [0.5, 0.6) is 5.75 Å². The number of hydrogen-bond donors (Lipinski definition) is 2. The van der Waals surface area contributed by atoms with Gasteiger partial charge in [-0.05, 0) is 86.8 Å². The van der Waals surface area contributed by atoms with Gasteiger partial charge in [0.1, 0.15) is 6.07 Å². The zero-order valence-corrected chi connectivity index (χ0v) is 20.0. The van der Waals surface area contributed by atoms with E-state index in [1.807, 2.05) is 18.2 Å². The smallest absolute Gasteiger partial charge is 0.244 e. The van der Waals surface area contributed by atoms with Crippen LogP contribution in [0.3, 0.4) is 0 Å². The molecule has 34 heavy (non-hydrogen) atoms. The number of nitriles is 1. The molecule has 3 aromatic rings. The molecule has 176 valence electrons. The first kappa shape index (κ1) is 25.2. The molecule has 1 heterocycles. The monoisotopic (exact) mass is 480 g/mol. The van der Waals surface area contributed by atoms with E-state index in [1.165, 1.54) is 6.07 Å². The maximum atomic E-state index is 14.4. The van der Waals surface area contributed by atoms with Crippen molar-refractivity contribution in [1.29, 1.82) is 5.26 Å². The molecule has 0 saturated heterocycles. The van der Waals surface area contributed by atoms with Gasteiger partial charge < -0.3 is 15.4 Å². The average molecular weight is 481 g/mol. The van der Waals surface area contributed by atoms with Gasteiger partial charge in [0.05, 0.1) is 22.7 Å². The van der Waals surface area contributed by atoms with Crippen molar-refractivity contribution in [1.82, 2.24) is 10.3 Å². The summed E-state index contributed by atoms with van der Waals surface area (Å²) in [5.74, 6) is -0.489. The highest BCUT2D eigenvalue weighted by atomic mass is 35.5. The van der Waals surface area contributed by atoms with Crippen LogP contribution in [0.2, 0.25) is 5.02 Å². The quantitative estimate of drug-likeness (QED) is 0.395. The number of nitrogens with zero attached hydrogens (tertiary/aromatic N) is 2. The third-order valence-electron chi connectivity index (χ3n) is 5.41. The minimum Gasteiger partial charge on any atom is -0.490 e. The lowest BCUT2D eigenvalue weighted by Gasteiger charge is -2.26. The van der Waals surface area contributed by atoms with Crippen molar-refractivity contribution in [2.24, 2.45) is 0 Å². The predicted octanol–water partition coefficient (Wildman–Crippen LogP) is 5.50. The molecule has 0 saturated carbocycles. The zero-order chi connectivity index (χ0) is 24.7. The number of amides is 1. The molecule has 0 unspecified atom stereocenters. The van der Waals surface area contributed by atoms with Crippen molar-refractivity contribution in [3.8, 4) is 22.9 Å². The molecular formula is C26H26ClFN4O2. The maximum absolute atomic E-state index is 14.4. The highest BCUT2D eigenvalue weighted by molar-refractivity contribution is 6.33. The summed E-state index contributed by atoms with van der Waals surface area (Å²) in [6.07, 6.45) is 3.89.